The first-order valence-electron chi connectivity index (χ1n) is 10.5. The van der Waals surface area contributed by atoms with E-state index in [0.29, 0.717) is 19.1 Å². The summed E-state index contributed by atoms with van der Waals surface area (Å²) < 4.78 is 12.6. The molecule has 1 amide bonds. The molecule has 0 bridgehead atoms. The third-order valence-electron chi connectivity index (χ3n) is 5.58. The molecule has 1 fully saturated rings. The topological polar surface area (TPSA) is 51.7 Å². The van der Waals surface area contributed by atoms with Crippen LogP contribution in [0.2, 0.25) is 0 Å². The number of fused-ring (bicyclic) bond motifs is 2. The van der Waals surface area contributed by atoms with Gasteiger partial charge in [0.05, 0.1) is 28.4 Å². The van der Waals surface area contributed by atoms with Gasteiger partial charge in [-0.3, -0.25) is 4.79 Å². The predicted octanol–water partition coefficient (Wildman–Crippen LogP) is 4.88. The zero-order chi connectivity index (χ0) is 20.3. The third-order valence-corrected chi connectivity index (χ3v) is 6.78. The standard InChI is InChI=1S/C24H24N2O3S/c27-23(11-9-17-8-10-20-21(15-17)29-14-4-13-28-20)26-12-3-5-18(16-26)24-25-19-6-1-2-7-22(19)30-24/h1-2,6-11,15,18H,3-5,12-14,16H2. The minimum absolute atomic E-state index is 0.0490. The number of nitrogens with zero attached hydrogens (tertiary/aromatic N) is 2. The molecule has 5 nitrogen and oxygen atoms in total. The lowest BCUT2D eigenvalue weighted by Gasteiger charge is -2.31. The Morgan fingerprint density at radius 1 is 1.10 bits per heavy atom. The molecule has 3 heterocycles. The first-order valence-corrected chi connectivity index (χ1v) is 11.3. The molecular weight excluding hydrogens is 396 g/mol. The lowest BCUT2D eigenvalue weighted by molar-refractivity contribution is -0.127. The van der Waals surface area contributed by atoms with Crippen LogP contribution >= 0.6 is 11.3 Å². The number of benzene rings is 2. The fourth-order valence-electron chi connectivity index (χ4n) is 4.00. The quantitative estimate of drug-likeness (QED) is 0.567. The number of rotatable bonds is 3. The molecular formula is C24H24N2O3S. The van der Waals surface area contributed by atoms with Crippen molar-refractivity contribution < 1.29 is 14.3 Å². The number of amides is 1. The van der Waals surface area contributed by atoms with E-state index < -0.39 is 0 Å². The summed E-state index contributed by atoms with van der Waals surface area (Å²) in [5, 5.41) is 1.14. The molecule has 6 heteroatoms. The average Bonchev–Trinajstić information content (AvgIpc) is 3.09. The first kappa shape index (κ1) is 19.1. The number of piperidine rings is 1. The maximum atomic E-state index is 12.8. The van der Waals surface area contributed by atoms with Crippen LogP contribution < -0.4 is 9.47 Å². The second-order valence-corrected chi connectivity index (χ2v) is 8.80. The van der Waals surface area contributed by atoms with Crippen LogP contribution in [0.15, 0.2) is 48.5 Å². The largest absolute Gasteiger partial charge is 0.490 e. The summed E-state index contributed by atoms with van der Waals surface area (Å²) in [4.78, 5) is 19.6. The number of para-hydroxylation sites is 1. The molecule has 5 rings (SSSR count). The molecule has 0 radical (unpaired) electrons. The summed E-state index contributed by atoms with van der Waals surface area (Å²) in [5.74, 6) is 1.88. The highest BCUT2D eigenvalue weighted by Crippen LogP contribution is 2.33. The van der Waals surface area contributed by atoms with Crippen molar-refractivity contribution in [2.45, 2.75) is 25.2 Å². The van der Waals surface area contributed by atoms with Crippen molar-refractivity contribution in [3.05, 3.63) is 59.1 Å². The number of ether oxygens (including phenoxy) is 2. The van der Waals surface area contributed by atoms with E-state index in [9.17, 15) is 4.79 Å². The van der Waals surface area contributed by atoms with Gasteiger partial charge in [-0.1, -0.05) is 18.2 Å². The summed E-state index contributed by atoms with van der Waals surface area (Å²) >= 11 is 1.75. The van der Waals surface area contributed by atoms with E-state index in [1.165, 1.54) is 4.70 Å². The average molecular weight is 421 g/mol. The third kappa shape index (κ3) is 4.05. The number of carbonyl (C=O) groups excluding carboxylic acids is 1. The molecule has 1 atom stereocenters. The molecule has 0 saturated carbocycles. The highest BCUT2D eigenvalue weighted by Gasteiger charge is 2.26. The van der Waals surface area contributed by atoms with Gasteiger partial charge < -0.3 is 14.4 Å². The molecule has 2 aromatic carbocycles. The summed E-state index contributed by atoms with van der Waals surface area (Å²) in [5.41, 5.74) is 1.99. The zero-order valence-electron chi connectivity index (χ0n) is 16.8. The van der Waals surface area contributed by atoms with E-state index in [1.54, 1.807) is 17.4 Å². The number of thiazole rings is 1. The van der Waals surface area contributed by atoms with E-state index in [4.69, 9.17) is 14.5 Å². The highest BCUT2D eigenvalue weighted by molar-refractivity contribution is 7.18. The van der Waals surface area contributed by atoms with Crippen molar-refractivity contribution in [3.63, 3.8) is 0 Å². The Labute approximate surface area is 179 Å². The Bertz CT molecular complexity index is 1060. The maximum absolute atomic E-state index is 12.8. The molecule has 30 heavy (non-hydrogen) atoms. The van der Waals surface area contributed by atoms with Gasteiger partial charge in [0, 0.05) is 31.5 Å². The predicted molar refractivity (Wildman–Crippen MR) is 119 cm³/mol. The van der Waals surface area contributed by atoms with Crippen LogP contribution in [0.5, 0.6) is 11.5 Å². The van der Waals surface area contributed by atoms with Crippen LogP contribution in [0.3, 0.4) is 0 Å². The van der Waals surface area contributed by atoms with Gasteiger partial charge in [-0.25, -0.2) is 4.98 Å². The molecule has 0 aliphatic carbocycles. The van der Waals surface area contributed by atoms with E-state index >= 15 is 0 Å². The van der Waals surface area contributed by atoms with Crippen molar-refractivity contribution in [1.29, 1.82) is 0 Å². The Kier molecular flexibility index (Phi) is 5.41. The van der Waals surface area contributed by atoms with Crippen molar-refractivity contribution >= 4 is 33.5 Å². The fraction of sp³-hybridized carbons (Fsp3) is 0.333. The van der Waals surface area contributed by atoms with Crippen LogP contribution in [-0.2, 0) is 4.79 Å². The molecule has 154 valence electrons. The van der Waals surface area contributed by atoms with Crippen molar-refractivity contribution in [1.82, 2.24) is 9.88 Å². The lowest BCUT2D eigenvalue weighted by Crippen LogP contribution is -2.38. The van der Waals surface area contributed by atoms with E-state index in [1.807, 2.05) is 41.3 Å². The van der Waals surface area contributed by atoms with Crippen LogP contribution in [0.25, 0.3) is 16.3 Å². The Hall–Kier alpha value is -2.86. The smallest absolute Gasteiger partial charge is 0.246 e. The zero-order valence-corrected chi connectivity index (χ0v) is 17.6. The first-order chi connectivity index (χ1) is 14.8. The number of hydrogen-bond donors (Lipinski definition) is 0. The van der Waals surface area contributed by atoms with Gasteiger partial charge in [0.15, 0.2) is 11.5 Å². The Balaban J connectivity index is 1.27. The maximum Gasteiger partial charge on any atom is 0.246 e. The fourth-order valence-corrected chi connectivity index (χ4v) is 5.09. The SMILES string of the molecule is O=C(C=Cc1ccc2c(c1)OCCCO2)N1CCCC(c2nc3ccccc3s2)C1. The van der Waals surface area contributed by atoms with Crippen LogP contribution in [0.1, 0.15) is 35.8 Å². The van der Waals surface area contributed by atoms with Crippen molar-refractivity contribution in [2.24, 2.45) is 0 Å². The van der Waals surface area contributed by atoms with Gasteiger partial charge in [0.2, 0.25) is 5.91 Å². The second kappa shape index (κ2) is 8.48. The molecule has 3 aromatic rings. The molecule has 1 unspecified atom stereocenters. The van der Waals surface area contributed by atoms with Gasteiger partial charge in [-0.2, -0.15) is 0 Å². The lowest BCUT2D eigenvalue weighted by atomic mass is 9.98. The number of hydrogen-bond acceptors (Lipinski definition) is 5. The van der Waals surface area contributed by atoms with Gasteiger partial charge in [-0.05, 0) is 48.7 Å². The molecule has 2 aliphatic heterocycles. The van der Waals surface area contributed by atoms with E-state index in [0.717, 1.165) is 59.9 Å². The van der Waals surface area contributed by atoms with Gasteiger partial charge >= 0.3 is 0 Å². The summed E-state index contributed by atoms with van der Waals surface area (Å²) in [7, 11) is 0. The normalized spacial score (nSPS) is 19.2. The van der Waals surface area contributed by atoms with Gasteiger partial charge in [0.1, 0.15) is 0 Å². The van der Waals surface area contributed by atoms with Crippen LogP contribution in [-0.4, -0.2) is 42.1 Å². The molecule has 0 N–H and O–H groups in total. The van der Waals surface area contributed by atoms with Gasteiger partial charge in [0.25, 0.3) is 0 Å². The van der Waals surface area contributed by atoms with Gasteiger partial charge in [-0.15, -0.1) is 11.3 Å². The van der Waals surface area contributed by atoms with E-state index in [-0.39, 0.29) is 5.91 Å². The summed E-state index contributed by atoms with van der Waals surface area (Å²) in [6.07, 6.45) is 6.49. The number of likely N-dealkylation sites (tertiary alicyclic amines) is 1. The number of carbonyl (C=O) groups is 1. The van der Waals surface area contributed by atoms with E-state index in [2.05, 4.69) is 12.1 Å². The Morgan fingerprint density at radius 3 is 2.87 bits per heavy atom. The number of aromatic nitrogens is 1. The molecule has 2 aliphatic rings. The highest BCUT2D eigenvalue weighted by atomic mass is 32.1. The van der Waals surface area contributed by atoms with Crippen molar-refractivity contribution in [3.8, 4) is 11.5 Å². The Morgan fingerprint density at radius 2 is 1.97 bits per heavy atom. The molecule has 1 saturated heterocycles. The second-order valence-electron chi connectivity index (χ2n) is 7.73. The molecule has 1 aromatic heterocycles. The minimum atomic E-state index is 0.0490. The summed E-state index contributed by atoms with van der Waals surface area (Å²) in [6, 6.07) is 14.0. The van der Waals surface area contributed by atoms with Crippen LogP contribution in [0, 0.1) is 0 Å². The molecule has 0 spiro atoms. The van der Waals surface area contributed by atoms with Crippen molar-refractivity contribution in [2.75, 3.05) is 26.3 Å². The van der Waals surface area contributed by atoms with Crippen LogP contribution in [0.4, 0.5) is 0 Å². The monoisotopic (exact) mass is 420 g/mol. The minimum Gasteiger partial charge on any atom is -0.490 e. The summed E-state index contributed by atoms with van der Waals surface area (Å²) in [6.45, 7) is 2.85.